The second-order valence-electron chi connectivity index (χ2n) is 5.71. The van der Waals surface area contributed by atoms with Crippen LogP contribution in [0.1, 0.15) is 30.1 Å². The molecule has 0 heterocycles. The molecule has 0 aliphatic carbocycles. The first-order valence-electron chi connectivity index (χ1n) is 8.89. The van der Waals surface area contributed by atoms with Crippen LogP contribution in [0.4, 0.5) is 0 Å². The Morgan fingerprint density at radius 2 is 1.23 bits per heavy atom. The third-order valence-electron chi connectivity index (χ3n) is 3.58. The van der Waals surface area contributed by atoms with Gasteiger partial charge in [-0.1, -0.05) is 101 Å². The van der Waals surface area contributed by atoms with Crippen molar-refractivity contribution in [2.45, 2.75) is 19.8 Å². The molecule has 3 heteroatoms. The quantitative estimate of drug-likeness (QED) is 0.351. The summed E-state index contributed by atoms with van der Waals surface area (Å²) in [5.41, 5.74) is 0.624. The van der Waals surface area contributed by atoms with E-state index in [0.29, 0.717) is 12.2 Å². The van der Waals surface area contributed by atoms with E-state index in [4.69, 9.17) is 4.74 Å². The fourth-order valence-corrected chi connectivity index (χ4v) is 3.23. The van der Waals surface area contributed by atoms with Crippen molar-refractivity contribution in [1.29, 1.82) is 0 Å². The lowest BCUT2D eigenvalue weighted by molar-refractivity contribution is 0.0500. The predicted octanol–water partition coefficient (Wildman–Crippen LogP) is 4.96. The molecule has 134 valence electrons. The molecule has 0 radical (unpaired) electrons. The Hall–Kier alpha value is -2.44. The number of esters is 1. The minimum Gasteiger partial charge on any atom is -0.462 e. The van der Waals surface area contributed by atoms with E-state index >= 15 is 0 Å². The largest absolute Gasteiger partial charge is 0.462 e. The van der Waals surface area contributed by atoms with E-state index in [1.54, 1.807) is 12.1 Å². The first kappa shape index (κ1) is 19.9. The molecule has 0 fully saturated rings. The third-order valence-corrected chi connectivity index (χ3v) is 4.82. The standard InChI is InChI=1S/C12H11P.C11H14O2/c1-3-7-11(8-4-1)13-12-9-5-2-6-10-12;1-2-3-9-13-11(12)10-7-5-4-6-8-10/h1-10,13H;4-8H,2-3,9H2,1H3. The van der Waals surface area contributed by atoms with Gasteiger partial charge in [0.25, 0.3) is 0 Å². The highest BCUT2D eigenvalue weighted by molar-refractivity contribution is 7.55. The van der Waals surface area contributed by atoms with Gasteiger partial charge in [0.15, 0.2) is 0 Å². The van der Waals surface area contributed by atoms with E-state index in [9.17, 15) is 4.79 Å². The van der Waals surface area contributed by atoms with Crippen molar-refractivity contribution >= 4 is 25.2 Å². The minimum atomic E-state index is -0.228. The Morgan fingerprint density at radius 3 is 1.69 bits per heavy atom. The van der Waals surface area contributed by atoms with Crippen molar-refractivity contribution in [3.63, 3.8) is 0 Å². The number of hydrogen-bond donors (Lipinski definition) is 0. The second-order valence-corrected chi connectivity index (χ2v) is 7.12. The minimum absolute atomic E-state index is 0.228. The molecule has 0 aliphatic heterocycles. The molecule has 0 spiro atoms. The highest BCUT2D eigenvalue weighted by atomic mass is 31.1. The number of rotatable bonds is 6. The molecule has 0 saturated carbocycles. The summed E-state index contributed by atoms with van der Waals surface area (Å²) in [5.74, 6) is -0.228. The number of carbonyl (C=O) groups excluding carboxylic acids is 1. The lowest BCUT2D eigenvalue weighted by atomic mass is 10.2. The molecule has 3 rings (SSSR count). The molecule has 0 N–H and O–H groups in total. The normalized spacial score (nSPS) is 9.73. The lowest BCUT2D eigenvalue weighted by Crippen LogP contribution is -2.05. The van der Waals surface area contributed by atoms with E-state index in [0.717, 1.165) is 21.4 Å². The van der Waals surface area contributed by atoms with Crippen molar-refractivity contribution in [3.05, 3.63) is 96.6 Å². The summed E-state index contributed by atoms with van der Waals surface area (Å²) in [4.78, 5) is 11.3. The van der Waals surface area contributed by atoms with Crippen LogP contribution < -0.4 is 10.6 Å². The highest BCUT2D eigenvalue weighted by Crippen LogP contribution is 2.08. The molecule has 2 nitrogen and oxygen atoms in total. The topological polar surface area (TPSA) is 26.3 Å². The Morgan fingerprint density at radius 1 is 0.769 bits per heavy atom. The summed E-state index contributed by atoms with van der Waals surface area (Å²) >= 11 is 0. The van der Waals surface area contributed by atoms with Crippen molar-refractivity contribution in [1.82, 2.24) is 0 Å². The van der Waals surface area contributed by atoms with Crippen molar-refractivity contribution in [3.8, 4) is 0 Å². The molecule has 0 atom stereocenters. The molecular formula is C23H25O2P. The fraction of sp³-hybridized carbons (Fsp3) is 0.174. The van der Waals surface area contributed by atoms with Crippen LogP contribution in [-0.2, 0) is 4.74 Å². The molecule has 3 aromatic carbocycles. The van der Waals surface area contributed by atoms with Gasteiger partial charge in [0, 0.05) is 0 Å². The van der Waals surface area contributed by atoms with Gasteiger partial charge in [0.05, 0.1) is 12.2 Å². The molecule has 0 aromatic heterocycles. The van der Waals surface area contributed by atoms with Gasteiger partial charge < -0.3 is 4.74 Å². The molecule has 3 aromatic rings. The molecule has 0 bridgehead atoms. The van der Waals surface area contributed by atoms with E-state index in [1.165, 1.54) is 10.6 Å². The maximum Gasteiger partial charge on any atom is 0.338 e. The zero-order valence-electron chi connectivity index (χ0n) is 15.1. The van der Waals surface area contributed by atoms with Gasteiger partial charge in [-0.05, 0) is 29.2 Å². The average molecular weight is 364 g/mol. The average Bonchev–Trinajstić information content (AvgIpc) is 2.71. The van der Waals surface area contributed by atoms with Crippen LogP contribution in [0.25, 0.3) is 0 Å². The molecule has 0 unspecified atom stereocenters. The van der Waals surface area contributed by atoms with Crippen LogP contribution in [0, 0.1) is 0 Å². The summed E-state index contributed by atoms with van der Waals surface area (Å²) in [6.07, 6.45) is 1.97. The van der Waals surface area contributed by atoms with Gasteiger partial charge in [-0.3, -0.25) is 0 Å². The smallest absolute Gasteiger partial charge is 0.338 e. The summed E-state index contributed by atoms with van der Waals surface area (Å²) in [7, 11) is 0.777. The first-order valence-corrected chi connectivity index (χ1v) is 9.89. The van der Waals surface area contributed by atoms with Crippen molar-refractivity contribution in [2.24, 2.45) is 0 Å². The van der Waals surface area contributed by atoms with Crippen LogP contribution in [0.5, 0.6) is 0 Å². The summed E-state index contributed by atoms with van der Waals surface area (Å²) < 4.78 is 5.03. The van der Waals surface area contributed by atoms with E-state index in [-0.39, 0.29) is 5.97 Å². The van der Waals surface area contributed by atoms with Gasteiger partial charge in [0.1, 0.15) is 0 Å². The fourth-order valence-electron chi connectivity index (χ4n) is 2.18. The highest BCUT2D eigenvalue weighted by Gasteiger charge is 2.04. The predicted molar refractivity (Wildman–Crippen MR) is 112 cm³/mol. The molecule has 0 saturated heterocycles. The number of hydrogen-bond acceptors (Lipinski definition) is 2. The van der Waals surface area contributed by atoms with E-state index < -0.39 is 0 Å². The lowest BCUT2D eigenvalue weighted by Gasteiger charge is -2.02. The molecule has 0 amide bonds. The maximum absolute atomic E-state index is 11.3. The van der Waals surface area contributed by atoms with Gasteiger partial charge in [0.2, 0.25) is 0 Å². The Labute approximate surface area is 158 Å². The van der Waals surface area contributed by atoms with Crippen molar-refractivity contribution in [2.75, 3.05) is 6.61 Å². The van der Waals surface area contributed by atoms with Crippen LogP contribution >= 0.6 is 8.58 Å². The zero-order valence-corrected chi connectivity index (χ0v) is 16.1. The van der Waals surface area contributed by atoms with Gasteiger partial charge in [-0.15, -0.1) is 0 Å². The van der Waals surface area contributed by atoms with Crippen molar-refractivity contribution < 1.29 is 9.53 Å². The van der Waals surface area contributed by atoms with Gasteiger partial charge in [-0.25, -0.2) is 4.79 Å². The Balaban J connectivity index is 0.000000187. The maximum atomic E-state index is 11.3. The monoisotopic (exact) mass is 364 g/mol. The molecular weight excluding hydrogens is 339 g/mol. The van der Waals surface area contributed by atoms with Crippen LogP contribution in [0.2, 0.25) is 0 Å². The van der Waals surface area contributed by atoms with E-state index in [2.05, 4.69) is 67.6 Å². The van der Waals surface area contributed by atoms with Crippen LogP contribution in [0.3, 0.4) is 0 Å². The first-order chi connectivity index (χ1) is 12.8. The number of unbranched alkanes of at least 4 members (excludes halogenated alkanes) is 1. The number of benzene rings is 3. The van der Waals surface area contributed by atoms with Gasteiger partial charge >= 0.3 is 5.97 Å². The Kier molecular flexibility index (Phi) is 9.18. The summed E-state index contributed by atoms with van der Waals surface area (Å²) in [5, 5.41) is 2.79. The van der Waals surface area contributed by atoms with Gasteiger partial charge in [-0.2, -0.15) is 0 Å². The number of carbonyl (C=O) groups is 1. The summed E-state index contributed by atoms with van der Waals surface area (Å²) in [6.45, 7) is 2.58. The molecule has 0 aliphatic rings. The SMILES string of the molecule is CCCCOC(=O)c1ccccc1.c1ccc(Pc2ccccc2)cc1. The van der Waals surface area contributed by atoms with Crippen LogP contribution in [-0.4, -0.2) is 12.6 Å². The van der Waals surface area contributed by atoms with E-state index in [1.807, 2.05) is 18.2 Å². The Bertz CT molecular complexity index is 705. The second kappa shape index (κ2) is 12.0. The van der Waals surface area contributed by atoms with Crippen LogP contribution in [0.15, 0.2) is 91.0 Å². The third kappa shape index (κ3) is 7.63. The summed E-state index contributed by atoms with van der Waals surface area (Å²) in [6, 6.07) is 30.2. The number of ether oxygens (including phenoxy) is 1. The zero-order chi connectivity index (χ0) is 18.5. The molecule has 26 heavy (non-hydrogen) atoms.